The van der Waals surface area contributed by atoms with Gasteiger partial charge in [0.25, 0.3) is 0 Å². The fourth-order valence-electron chi connectivity index (χ4n) is 11.6. The molecule has 0 atom stereocenters. The van der Waals surface area contributed by atoms with E-state index in [1.165, 1.54) is 133 Å². The number of aldehydes is 1. The number of nitrogens with zero attached hydrogens (tertiary/aromatic N) is 1. The molecule has 3 nitrogen and oxygen atoms in total. The molecule has 8 aromatic rings. The average molecular weight is 1020 g/mol. The summed E-state index contributed by atoms with van der Waals surface area (Å²) in [4.78, 5) is 14.1. The summed E-state index contributed by atoms with van der Waals surface area (Å²) in [6.45, 7) is 18.1. The first-order chi connectivity index (χ1) is 37.3. The Hall–Kier alpha value is -6.97. The van der Waals surface area contributed by atoms with Gasteiger partial charge in [-0.2, -0.15) is 0 Å². The maximum absolute atomic E-state index is 11.7. The molecule has 77 heavy (non-hydrogen) atoms. The van der Waals surface area contributed by atoms with Crippen molar-refractivity contribution >= 4 is 40.4 Å². The lowest BCUT2D eigenvalue weighted by molar-refractivity contribution is 0.112. The third-order valence-corrected chi connectivity index (χ3v) is 16.1. The first-order valence-corrected chi connectivity index (χ1v) is 29.1. The molecule has 0 bridgehead atoms. The highest BCUT2D eigenvalue weighted by Gasteiger charge is 2.43. The van der Waals surface area contributed by atoms with Crippen LogP contribution in [0.25, 0.3) is 61.7 Å². The van der Waals surface area contributed by atoms with E-state index in [2.05, 4.69) is 224 Å². The lowest BCUT2D eigenvalue weighted by atomic mass is 9.70. The summed E-state index contributed by atoms with van der Waals surface area (Å²) in [6, 6.07) is 58.6. The minimum Gasteiger partial charge on any atom is -0.456 e. The highest BCUT2D eigenvalue weighted by molar-refractivity contribution is 5.90. The summed E-state index contributed by atoms with van der Waals surface area (Å²) < 4.78 is 6.53. The van der Waals surface area contributed by atoms with E-state index in [0.29, 0.717) is 5.56 Å². The number of rotatable bonds is 23. The van der Waals surface area contributed by atoms with Crippen molar-refractivity contribution in [3.05, 3.63) is 204 Å². The highest BCUT2D eigenvalue weighted by atomic mass is 16.3. The topological polar surface area (TPSA) is 33.5 Å². The van der Waals surface area contributed by atoms with Gasteiger partial charge in [-0.3, -0.25) is 4.79 Å². The van der Waals surface area contributed by atoms with Gasteiger partial charge in [-0.25, -0.2) is 0 Å². The molecule has 3 heteroatoms. The largest absolute Gasteiger partial charge is 0.456 e. The number of hydrogen-bond donors (Lipinski definition) is 0. The van der Waals surface area contributed by atoms with Gasteiger partial charge in [-0.15, -0.1) is 0 Å². The molecule has 1 aromatic heterocycles. The minimum atomic E-state index is -0.120. The number of allylic oxidation sites excluding steroid dienone is 3. The van der Waals surface area contributed by atoms with Crippen LogP contribution in [0.5, 0.6) is 0 Å². The Balaban J connectivity index is 1.08. The van der Waals surface area contributed by atoms with E-state index >= 15 is 0 Å². The van der Waals surface area contributed by atoms with Gasteiger partial charge in [0.1, 0.15) is 17.6 Å². The van der Waals surface area contributed by atoms with Crippen LogP contribution >= 0.6 is 0 Å². The summed E-state index contributed by atoms with van der Waals surface area (Å²) in [5.74, 6) is 0.850. The van der Waals surface area contributed by atoms with Crippen LogP contribution in [0.1, 0.15) is 178 Å². The second-order valence-electron chi connectivity index (χ2n) is 24.1. The number of unbranched alkanes of at least 4 members (excludes halogenated alkanes) is 10. The first kappa shape index (κ1) is 54.8. The fraction of sp³-hybridized carbons (Fsp3) is 0.338. The first-order valence-electron chi connectivity index (χ1n) is 29.1. The molecule has 0 saturated heterocycles. The van der Waals surface area contributed by atoms with Crippen LogP contribution in [0.4, 0.5) is 17.1 Å². The third kappa shape index (κ3) is 13.1. The quantitative estimate of drug-likeness (QED) is 0.0364. The molecule has 0 saturated carbocycles. The van der Waals surface area contributed by atoms with Crippen molar-refractivity contribution in [3.63, 3.8) is 0 Å². The van der Waals surface area contributed by atoms with Gasteiger partial charge in [0, 0.05) is 39.0 Å². The molecule has 396 valence electrons. The molecule has 0 aliphatic heterocycles. The van der Waals surface area contributed by atoms with Crippen LogP contribution in [0.15, 0.2) is 180 Å². The molecule has 0 radical (unpaired) electrons. The lowest BCUT2D eigenvalue weighted by Crippen LogP contribution is -2.25. The number of furan rings is 1. The van der Waals surface area contributed by atoms with E-state index in [-0.39, 0.29) is 16.2 Å². The number of benzene rings is 7. The van der Waals surface area contributed by atoms with Crippen LogP contribution < -0.4 is 4.90 Å². The Morgan fingerprint density at radius 3 is 1.47 bits per heavy atom. The Morgan fingerprint density at radius 2 is 0.935 bits per heavy atom. The van der Waals surface area contributed by atoms with Gasteiger partial charge < -0.3 is 9.32 Å². The zero-order valence-corrected chi connectivity index (χ0v) is 47.6. The standard InChI is InChI=1S/C74H83NO2/c1-9-11-13-15-17-20-47-74(48-21-18-16-14-12-10-2)68-50-59(34-44-66(68)67-45-35-60(51-69(67)74)71-52-61-27-24-55(53-76)49-70(61)77-71)58-32-42-65(43-33-58)75(63-38-25-54(26-39-63)23-19-22-46-72(3,4)5)64-40-30-57(31-41-64)56-28-36-62(37-29-56)73(6,7)8/h19,22-46,49-53H,9-18,20-21,47-48H2,1-8H3/b23-19+,46-22+. The summed E-state index contributed by atoms with van der Waals surface area (Å²) in [7, 11) is 0. The van der Waals surface area contributed by atoms with Crippen molar-refractivity contribution in [3.8, 4) is 44.7 Å². The number of anilines is 3. The molecule has 1 heterocycles. The van der Waals surface area contributed by atoms with Crippen molar-refractivity contribution in [2.24, 2.45) is 5.41 Å². The molecule has 9 rings (SSSR count). The van der Waals surface area contributed by atoms with E-state index in [1.807, 2.05) is 18.2 Å². The second-order valence-corrected chi connectivity index (χ2v) is 24.1. The molecule has 0 N–H and O–H groups in total. The second kappa shape index (κ2) is 24.6. The zero-order valence-electron chi connectivity index (χ0n) is 47.6. The predicted molar refractivity (Wildman–Crippen MR) is 331 cm³/mol. The molecule has 0 unspecified atom stereocenters. The van der Waals surface area contributed by atoms with Gasteiger partial charge in [0.15, 0.2) is 0 Å². The maximum atomic E-state index is 11.7. The molecule has 0 amide bonds. The van der Waals surface area contributed by atoms with Crippen molar-refractivity contribution in [2.75, 3.05) is 4.90 Å². The van der Waals surface area contributed by atoms with E-state index in [1.54, 1.807) is 0 Å². The maximum Gasteiger partial charge on any atom is 0.150 e. The van der Waals surface area contributed by atoms with Crippen LogP contribution in [-0.4, -0.2) is 6.29 Å². The Bertz CT molecular complexity index is 3260. The number of carbonyl (C=O) groups is 1. The summed E-state index contributed by atoms with van der Waals surface area (Å²) in [5, 5.41) is 1.01. The average Bonchev–Trinajstić information content (AvgIpc) is 4.13. The van der Waals surface area contributed by atoms with Crippen LogP contribution in [-0.2, 0) is 10.8 Å². The Morgan fingerprint density at radius 1 is 0.468 bits per heavy atom. The minimum absolute atomic E-state index is 0.110. The van der Waals surface area contributed by atoms with Gasteiger partial charge in [-0.05, 0) is 140 Å². The van der Waals surface area contributed by atoms with Crippen molar-refractivity contribution in [1.29, 1.82) is 0 Å². The third-order valence-electron chi connectivity index (χ3n) is 16.1. The van der Waals surface area contributed by atoms with Gasteiger partial charge >= 0.3 is 0 Å². The summed E-state index contributed by atoms with van der Waals surface area (Å²) >= 11 is 0. The SMILES string of the molecule is CCCCCCCCC1(CCCCCCCC)c2cc(-c3ccc(N(c4ccc(/C=C/C=C/C(C)(C)C)cc4)c4ccc(-c5ccc(C(C)(C)C)cc5)cc4)cc3)ccc2-c2ccc(-c3cc4ccc(C=O)cc4o3)cc21. The number of carbonyl (C=O) groups excluding carboxylic acids is 1. The Labute approximate surface area is 462 Å². The van der Waals surface area contributed by atoms with Crippen LogP contribution in [0.3, 0.4) is 0 Å². The van der Waals surface area contributed by atoms with Gasteiger partial charge in [-0.1, -0.05) is 254 Å². The lowest BCUT2D eigenvalue weighted by Gasteiger charge is -2.33. The molecule has 7 aromatic carbocycles. The van der Waals surface area contributed by atoms with Crippen molar-refractivity contribution < 1.29 is 9.21 Å². The van der Waals surface area contributed by atoms with Crippen molar-refractivity contribution in [1.82, 2.24) is 0 Å². The van der Waals surface area contributed by atoms with E-state index in [9.17, 15) is 4.79 Å². The molecular formula is C74H83NO2. The van der Waals surface area contributed by atoms with Crippen molar-refractivity contribution in [2.45, 2.75) is 156 Å². The summed E-state index contributed by atoms with van der Waals surface area (Å²) in [5.41, 5.74) is 19.0. The monoisotopic (exact) mass is 1020 g/mol. The Kier molecular flexibility index (Phi) is 17.5. The van der Waals surface area contributed by atoms with E-state index < -0.39 is 0 Å². The molecule has 1 aliphatic carbocycles. The molecule has 1 aliphatic rings. The molecule has 0 spiro atoms. The zero-order chi connectivity index (χ0) is 54.0. The molecular weight excluding hydrogens is 935 g/mol. The van der Waals surface area contributed by atoms with Gasteiger partial charge in [0.05, 0.1) is 0 Å². The van der Waals surface area contributed by atoms with E-state index in [4.69, 9.17) is 4.42 Å². The van der Waals surface area contributed by atoms with Gasteiger partial charge in [0.2, 0.25) is 0 Å². The smallest absolute Gasteiger partial charge is 0.150 e. The van der Waals surface area contributed by atoms with E-state index in [0.717, 1.165) is 58.5 Å². The highest BCUT2D eigenvalue weighted by Crippen LogP contribution is 2.56. The van der Waals surface area contributed by atoms with Crippen LogP contribution in [0.2, 0.25) is 0 Å². The number of fused-ring (bicyclic) bond motifs is 4. The van der Waals surface area contributed by atoms with Crippen LogP contribution in [0, 0.1) is 5.41 Å². The predicted octanol–water partition coefficient (Wildman–Crippen LogP) is 22.4. The number of hydrogen-bond acceptors (Lipinski definition) is 3. The summed E-state index contributed by atoms with van der Waals surface area (Å²) in [6.07, 6.45) is 27.1. The normalized spacial score (nSPS) is 13.2. The fourth-order valence-corrected chi connectivity index (χ4v) is 11.6. The molecule has 0 fully saturated rings.